The highest BCUT2D eigenvalue weighted by molar-refractivity contribution is 5.81. The highest BCUT2D eigenvalue weighted by Crippen LogP contribution is 2.20. The monoisotopic (exact) mass is 279 g/mol. The highest BCUT2D eigenvalue weighted by atomic mass is 14.9. The maximum absolute atomic E-state index is 6.05. The molecule has 3 heteroatoms. The zero-order valence-electron chi connectivity index (χ0n) is 12.4. The smallest absolute Gasteiger partial charge is 0.0483 e. The summed E-state index contributed by atoms with van der Waals surface area (Å²) in [6.07, 6.45) is 7.79. The van der Waals surface area contributed by atoms with Gasteiger partial charge in [-0.05, 0) is 59.7 Å². The van der Waals surface area contributed by atoms with Gasteiger partial charge in [0.1, 0.15) is 0 Å². The Kier molecular flexibility index (Phi) is 4.02. The van der Waals surface area contributed by atoms with E-state index in [2.05, 4.69) is 59.1 Å². The molecule has 1 aromatic carbocycles. The van der Waals surface area contributed by atoms with E-state index in [0.717, 1.165) is 19.4 Å². The third-order valence-electron chi connectivity index (χ3n) is 3.96. The van der Waals surface area contributed by atoms with Crippen LogP contribution in [0.2, 0.25) is 0 Å². The van der Waals surface area contributed by atoms with Gasteiger partial charge in [-0.1, -0.05) is 13.0 Å². The molecule has 1 unspecified atom stereocenters. The van der Waals surface area contributed by atoms with Crippen LogP contribution in [-0.4, -0.2) is 15.6 Å². The zero-order chi connectivity index (χ0) is 14.7. The fourth-order valence-corrected chi connectivity index (χ4v) is 2.65. The first-order chi connectivity index (χ1) is 10.3. The van der Waals surface area contributed by atoms with Gasteiger partial charge < -0.3 is 10.3 Å². The van der Waals surface area contributed by atoms with Crippen molar-refractivity contribution >= 4 is 10.9 Å². The summed E-state index contributed by atoms with van der Waals surface area (Å²) in [5.74, 6) is 0. The maximum atomic E-state index is 6.05. The summed E-state index contributed by atoms with van der Waals surface area (Å²) in [4.78, 5) is 4.06. The molecule has 2 N–H and O–H groups in total. The number of pyridine rings is 1. The molecule has 1 atom stereocenters. The average Bonchev–Trinajstić information content (AvgIpc) is 2.90. The van der Waals surface area contributed by atoms with Crippen LogP contribution >= 0.6 is 0 Å². The van der Waals surface area contributed by atoms with Gasteiger partial charge in [-0.3, -0.25) is 4.98 Å². The van der Waals surface area contributed by atoms with Gasteiger partial charge in [-0.25, -0.2) is 0 Å². The van der Waals surface area contributed by atoms with E-state index in [4.69, 9.17) is 5.73 Å². The molecule has 3 rings (SSSR count). The van der Waals surface area contributed by atoms with Crippen LogP contribution in [0, 0.1) is 0 Å². The lowest BCUT2D eigenvalue weighted by atomic mass is 10.0. The Balaban J connectivity index is 1.86. The Hall–Kier alpha value is -2.13. The number of nitrogens with zero attached hydrogens (tertiary/aromatic N) is 2. The van der Waals surface area contributed by atoms with E-state index in [1.807, 2.05) is 12.4 Å². The van der Waals surface area contributed by atoms with E-state index in [0.29, 0.717) is 0 Å². The van der Waals surface area contributed by atoms with Crippen molar-refractivity contribution in [2.45, 2.75) is 32.4 Å². The topological polar surface area (TPSA) is 43.8 Å². The number of hydrogen-bond acceptors (Lipinski definition) is 2. The first kappa shape index (κ1) is 13.8. The largest absolute Gasteiger partial charge is 0.343 e. The second kappa shape index (κ2) is 6.10. The van der Waals surface area contributed by atoms with Crippen LogP contribution in [-0.2, 0) is 13.0 Å². The fourth-order valence-electron chi connectivity index (χ4n) is 2.65. The van der Waals surface area contributed by atoms with Crippen molar-refractivity contribution < 1.29 is 0 Å². The number of hydrogen-bond donors (Lipinski definition) is 1. The molecule has 108 valence electrons. The first-order valence-electron chi connectivity index (χ1n) is 7.48. The Morgan fingerprint density at radius 3 is 2.67 bits per heavy atom. The Morgan fingerprint density at radius 2 is 1.90 bits per heavy atom. The van der Waals surface area contributed by atoms with Gasteiger partial charge in [-0.2, -0.15) is 0 Å². The number of nitrogens with two attached hydrogens (primary N) is 1. The van der Waals surface area contributed by atoms with Crippen molar-refractivity contribution in [3.8, 4) is 0 Å². The van der Waals surface area contributed by atoms with E-state index < -0.39 is 0 Å². The molecule has 21 heavy (non-hydrogen) atoms. The minimum absolute atomic E-state index is 0.251. The average molecular weight is 279 g/mol. The van der Waals surface area contributed by atoms with Crippen LogP contribution < -0.4 is 5.73 Å². The fraction of sp³-hybridized carbons (Fsp3) is 0.278. The second-order valence-corrected chi connectivity index (χ2v) is 5.56. The third kappa shape index (κ3) is 3.14. The van der Waals surface area contributed by atoms with Crippen LogP contribution in [0.3, 0.4) is 0 Å². The molecular formula is C18H21N3. The molecule has 0 fully saturated rings. The van der Waals surface area contributed by atoms with Gasteiger partial charge in [0.25, 0.3) is 0 Å². The van der Waals surface area contributed by atoms with Gasteiger partial charge in [0.05, 0.1) is 0 Å². The molecule has 0 radical (unpaired) electrons. The van der Waals surface area contributed by atoms with Crippen molar-refractivity contribution in [3.63, 3.8) is 0 Å². The standard InChI is InChI=1S/C18H21N3/c1-2-17(19)12-15-3-4-18-16(11-15)7-10-21(18)13-14-5-8-20-9-6-14/h3-11,17H,2,12-13,19H2,1H3. The Bertz CT molecular complexity index is 716. The Labute approximate surface area is 125 Å². The van der Waals surface area contributed by atoms with Crippen LogP contribution in [0.4, 0.5) is 0 Å². The summed E-state index contributed by atoms with van der Waals surface area (Å²) < 4.78 is 2.27. The molecule has 0 amide bonds. The van der Waals surface area contributed by atoms with Crippen molar-refractivity contribution in [1.29, 1.82) is 0 Å². The van der Waals surface area contributed by atoms with Crippen molar-refractivity contribution in [1.82, 2.24) is 9.55 Å². The van der Waals surface area contributed by atoms with E-state index in [1.54, 1.807) is 0 Å². The van der Waals surface area contributed by atoms with Gasteiger partial charge in [-0.15, -0.1) is 0 Å². The maximum Gasteiger partial charge on any atom is 0.0483 e. The summed E-state index contributed by atoms with van der Waals surface area (Å²) in [6.45, 7) is 3.01. The summed E-state index contributed by atoms with van der Waals surface area (Å²) in [5, 5.41) is 1.28. The van der Waals surface area contributed by atoms with Crippen molar-refractivity contribution in [2.24, 2.45) is 5.73 Å². The molecule has 3 nitrogen and oxygen atoms in total. The minimum atomic E-state index is 0.251. The molecular weight excluding hydrogens is 258 g/mol. The molecule has 0 saturated carbocycles. The van der Waals surface area contributed by atoms with Crippen LogP contribution in [0.15, 0.2) is 55.0 Å². The van der Waals surface area contributed by atoms with E-state index >= 15 is 0 Å². The molecule has 2 aromatic heterocycles. The number of fused-ring (bicyclic) bond motifs is 1. The SMILES string of the molecule is CCC(N)Cc1ccc2c(ccn2Cc2ccncc2)c1. The number of benzene rings is 1. The molecule has 3 aromatic rings. The lowest BCUT2D eigenvalue weighted by Gasteiger charge is -2.09. The predicted molar refractivity (Wildman–Crippen MR) is 87.2 cm³/mol. The third-order valence-corrected chi connectivity index (χ3v) is 3.96. The van der Waals surface area contributed by atoms with Gasteiger partial charge in [0, 0.05) is 36.7 Å². The summed E-state index contributed by atoms with van der Waals surface area (Å²) >= 11 is 0. The summed E-state index contributed by atoms with van der Waals surface area (Å²) in [5.41, 5.74) is 9.89. The van der Waals surface area contributed by atoms with Crippen molar-refractivity contribution in [2.75, 3.05) is 0 Å². The summed E-state index contributed by atoms with van der Waals surface area (Å²) in [7, 11) is 0. The van der Waals surface area contributed by atoms with Crippen LogP contribution in [0.25, 0.3) is 10.9 Å². The molecule has 2 heterocycles. The Morgan fingerprint density at radius 1 is 1.10 bits per heavy atom. The molecule has 0 aliphatic rings. The molecule has 0 saturated heterocycles. The van der Waals surface area contributed by atoms with E-state index in [1.165, 1.54) is 22.0 Å². The lowest BCUT2D eigenvalue weighted by molar-refractivity contribution is 0.647. The molecule has 0 bridgehead atoms. The van der Waals surface area contributed by atoms with Gasteiger partial charge in [0.15, 0.2) is 0 Å². The molecule has 0 aliphatic heterocycles. The molecule has 0 spiro atoms. The number of rotatable bonds is 5. The molecule has 0 aliphatic carbocycles. The normalized spacial score (nSPS) is 12.7. The number of aromatic nitrogens is 2. The van der Waals surface area contributed by atoms with Crippen molar-refractivity contribution in [3.05, 3.63) is 66.1 Å². The first-order valence-corrected chi connectivity index (χ1v) is 7.48. The predicted octanol–water partition coefficient (Wildman–Crippen LogP) is 3.36. The van der Waals surface area contributed by atoms with E-state index in [9.17, 15) is 0 Å². The van der Waals surface area contributed by atoms with Gasteiger partial charge in [0.2, 0.25) is 0 Å². The van der Waals surface area contributed by atoms with Crippen LogP contribution in [0.5, 0.6) is 0 Å². The summed E-state index contributed by atoms with van der Waals surface area (Å²) in [6, 6.07) is 13.2. The van der Waals surface area contributed by atoms with E-state index in [-0.39, 0.29) is 6.04 Å². The minimum Gasteiger partial charge on any atom is -0.343 e. The van der Waals surface area contributed by atoms with Crippen LogP contribution in [0.1, 0.15) is 24.5 Å². The lowest BCUT2D eigenvalue weighted by Crippen LogP contribution is -2.21. The second-order valence-electron chi connectivity index (χ2n) is 5.56. The highest BCUT2D eigenvalue weighted by Gasteiger charge is 2.05. The van der Waals surface area contributed by atoms with Gasteiger partial charge >= 0.3 is 0 Å². The quantitative estimate of drug-likeness (QED) is 0.778. The zero-order valence-corrected chi connectivity index (χ0v) is 12.4.